The summed E-state index contributed by atoms with van der Waals surface area (Å²) in [6.45, 7) is 6.47. The van der Waals surface area contributed by atoms with E-state index in [-0.39, 0.29) is 18.2 Å². The number of nitrogens with two attached hydrogens (primary N) is 1. The lowest BCUT2D eigenvalue weighted by molar-refractivity contribution is 0.132. The van der Waals surface area contributed by atoms with Crippen molar-refractivity contribution in [3.8, 4) is 0 Å². The topological polar surface area (TPSA) is 29.3 Å². The molecule has 0 bridgehead atoms. The molecule has 1 aromatic rings. The molecule has 0 aromatic heterocycles. The van der Waals surface area contributed by atoms with Crippen molar-refractivity contribution in [1.82, 2.24) is 4.90 Å². The first-order valence-electron chi connectivity index (χ1n) is 6.83. The molecule has 2 N–H and O–H groups in total. The quantitative estimate of drug-likeness (QED) is 0.923. The van der Waals surface area contributed by atoms with Crippen molar-refractivity contribution < 1.29 is 4.39 Å². The summed E-state index contributed by atoms with van der Waals surface area (Å²) in [5.74, 6) is 0.489. The van der Waals surface area contributed by atoms with E-state index in [0.717, 1.165) is 13.1 Å². The molecule has 0 saturated carbocycles. The molecule has 1 saturated heterocycles. The average Bonchev–Trinajstić information content (AvgIpc) is 2.39. The zero-order chi connectivity index (χ0) is 13.1. The first-order valence-corrected chi connectivity index (χ1v) is 6.83. The van der Waals surface area contributed by atoms with Crippen molar-refractivity contribution in [3.63, 3.8) is 0 Å². The number of halogens is 2. The van der Waals surface area contributed by atoms with Crippen LogP contribution < -0.4 is 5.73 Å². The third-order valence-electron chi connectivity index (χ3n) is 4.22. The normalized spacial score (nSPS) is 20.6. The van der Waals surface area contributed by atoms with Crippen LogP contribution in [0, 0.1) is 11.7 Å². The molecule has 1 heterocycles. The molecule has 2 nitrogen and oxygen atoms in total. The largest absolute Gasteiger partial charge is 0.328 e. The molecule has 108 valence electrons. The fourth-order valence-electron chi connectivity index (χ4n) is 2.78. The monoisotopic (exact) mass is 286 g/mol. The van der Waals surface area contributed by atoms with Crippen LogP contribution in [-0.2, 0) is 0 Å². The number of piperidine rings is 1. The highest BCUT2D eigenvalue weighted by molar-refractivity contribution is 5.85. The fourth-order valence-corrected chi connectivity index (χ4v) is 2.78. The molecule has 1 aliphatic heterocycles. The Kier molecular flexibility index (Phi) is 6.24. The van der Waals surface area contributed by atoms with Gasteiger partial charge < -0.3 is 5.73 Å². The van der Waals surface area contributed by atoms with E-state index in [0.29, 0.717) is 18.0 Å². The van der Waals surface area contributed by atoms with E-state index >= 15 is 0 Å². The molecular formula is C15H24ClFN2. The molecule has 2 unspecified atom stereocenters. The summed E-state index contributed by atoms with van der Waals surface area (Å²) in [5, 5.41) is 0. The van der Waals surface area contributed by atoms with Gasteiger partial charge in [-0.05, 0) is 63.4 Å². The van der Waals surface area contributed by atoms with Gasteiger partial charge in [0.2, 0.25) is 0 Å². The molecule has 2 rings (SSSR count). The van der Waals surface area contributed by atoms with Gasteiger partial charge in [0.05, 0.1) is 0 Å². The lowest BCUT2D eigenvalue weighted by Crippen LogP contribution is -2.40. The second kappa shape index (κ2) is 7.22. The van der Waals surface area contributed by atoms with Crippen molar-refractivity contribution in [1.29, 1.82) is 0 Å². The van der Waals surface area contributed by atoms with Gasteiger partial charge in [0.25, 0.3) is 0 Å². The van der Waals surface area contributed by atoms with Gasteiger partial charge >= 0.3 is 0 Å². The standard InChI is InChI=1S/C15H23FN2.ClH/c1-11(17)13-7-9-18(10-8-13)12(2)14-3-5-15(16)6-4-14;/h3-6,11-13H,7-10,17H2,1-2H3;1H. The van der Waals surface area contributed by atoms with Crippen molar-refractivity contribution in [3.05, 3.63) is 35.6 Å². The summed E-state index contributed by atoms with van der Waals surface area (Å²) < 4.78 is 12.9. The Hall–Kier alpha value is -0.640. The van der Waals surface area contributed by atoms with Crippen LogP contribution in [0.3, 0.4) is 0 Å². The Morgan fingerprint density at radius 1 is 1.16 bits per heavy atom. The van der Waals surface area contributed by atoms with Gasteiger partial charge in [0, 0.05) is 12.1 Å². The van der Waals surface area contributed by atoms with Crippen LogP contribution in [0.15, 0.2) is 24.3 Å². The van der Waals surface area contributed by atoms with Crippen LogP contribution in [0.25, 0.3) is 0 Å². The number of likely N-dealkylation sites (tertiary alicyclic amines) is 1. The molecule has 0 radical (unpaired) electrons. The van der Waals surface area contributed by atoms with E-state index in [1.54, 1.807) is 12.1 Å². The van der Waals surface area contributed by atoms with Crippen LogP contribution >= 0.6 is 12.4 Å². The summed E-state index contributed by atoms with van der Waals surface area (Å²) in [5.41, 5.74) is 7.15. The maximum atomic E-state index is 12.9. The molecule has 4 heteroatoms. The number of benzene rings is 1. The van der Waals surface area contributed by atoms with Crippen LogP contribution in [-0.4, -0.2) is 24.0 Å². The first kappa shape index (κ1) is 16.4. The van der Waals surface area contributed by atoms with Gasteiger partial charge in [0.15, 0.2) is 0 Å². The lowest BCUT2D eigenvalue weighted by atomic mass is 9.90. The summed E-state index contributed by atoms with van der Waals surface area (Å²) in [6.07, 6.45) is 2.34. The zero-order valence-electron chi connectivity index (χ0n) is 11.7. The molecule has 1 aliphatic rings. The van der Waals surface area contributed by atoms with E-state index in [1.165, 1.54) is 18.4 Å². The van der Waals surface area contributed by atoms with Gasteiger partial charge in [0.1, 0.15) is 5.82 Å². The Morgan fingerprint density at radius 3 is 2.16 bits per heavy atom. The van der Waals surface area contributed by atoms with Crippen molar-refractivity contribution >= 4 is 12.4 Å². The summed E-state index contributed by atoms with van der Waals surface area (Å²) in [7, 11) is 0. The van der Waals surface area contributed by atoms with Gasteiger partial charge in [-0.2, -0.15) is 0 Å². The van der Waals surface area contributed by atoms with Gasteiger partial charge in [-0.3, -0.25) is 4.90 Å². The number of rotatable bonds is 3. The van der Waals surface area contributed by atoms with Gasteiger partial charge in [-0.25, -0.2) is 4.39 Å². The highest BCUT2D eigenvalue weighted by atomic mass is 35.5. The number of hydrogen-bond donors (Lipinski definition) is 1. The van der Waals surface area contributed by atoms with E-state index < -0.39 is 0 Å². The maximum absolute atomic E-state index is 12.9. The summed E-state index contributed by atoms with van der Waals surface area (Å²) in [4.78, 5) is 2.46. The molecule has 0 spiro atoms. The lowest BCUT2D eigenvalue weighted by Gasteiger charge is -2.37. The van der Waals surface area contributed by atoms with Crippen LogP contribution in [0.5, 0.6) is 0 Å². The molecular weight excluding hydrogens is 263 g/mol. The van der Waals surface area contributed by atoms with Crippen molar-refractivity contribution in [2.45, 2.75) is 38.8 Å². The predicted octanol–water partition coefficient (Wildman–Crippen LogP) is 3.37. The Morgan fingerprint density at radius 2 is 1.68 bits per heavy atom. The Balaban J connectivity index is 0.00000180. The SMILES string of the molecule is CC(N)C1CCN(C(C)c2ccc(F)cc2)CC1.Cl. The van der Waals surface area contributed by atoms with Crippen LogP contribution in [0.2, 0.25) is 0 Å². The molecule has 1 fully saturated rings. The second-order valence-corrected chi connectivity index (χ2v) is 5.46. The summed E-state index contributed by atoms with van der Waals surface area (Å²) >= 11 is 0. The number of nitrogens with zero attached hydrogens (tertiary/aromatic N) is 1. The Labute approximate surface area is 121 Å². The highest BCUT2D eigenvalue weighted by Crippen LogP contribution is 2.27. The van der Waals surface area contributed by atoms with Crippen LogP contribution in [0.1, 0.15) is 38.3 Å². The summed E-state index contributed by atoms with van der Waals surface area (Å²) in [6, 6.07) is 7.52. The van der Waals surface area contributed by atoms with Crippen molar-refractivity contribution in [2.24, 2.45) is 11.7 Å². The van der Waals surface area contributed by atoms with Gasteiger partial charge in [-0.15, -0.1) is 12.4 Å². The minimum absolute atomic E-state index is 0. The minimum Gasteiger partial charge on any atom is -0.328 e. The Bertz CT molecular complexity index is 372. The maximum Gasteiger partial charge on any atom is 0.123 e. The molecule has 0 amide bonds. The highest BCUT2D eigenvalue weighted by Gasteiger charge is 2.25. The fraction of sp³-hybridized carbons (Fsp3) is 0.600. The predicted molar refractivity (Wildman–Crippen MR) is 80.0 cm³/mol. The van der Waals surface area contributed by atoms with E-state index in [2.05, 4.69) is 18.7 Å². The molecule has 2 atom stereocenters. The number of hydrogen-bond acceptors (Lipinski definition) is 2. The third-order valence-corrected chi connectivity index (χ3v) is 4.22. The zero-order valence-corrected chi connectivity index (χ0v) is 12.5. The third kappa shape index (κ3) is 4.16. The van der Waals surface area contributed by atoms with Crippen molar-refractivity contribution in [2.75, 3.05) is 13.1 Å². The minimum atomic E-state index is -0.165. The molecule has 1 aromatic carbocycles. The van der Waals surface area contributed by atoms with Gasteiger partial charge in [-0.1, -0.05) is 12.1 Å². The molecule has 0 aliphatic carbocycles. The smallest absolute Gasteiger partial charge is 0.123 e. The van der Waals surface area contributed by atoms with E-state index in [1.807, 2.05) is 12.1 Å². The first-order chi connectivity index (χ1) is 8.58. The molecule has 19 heavy (non-hydrogen) atoms. The van der Waals surface area contributed by atoms with E-state index in [9.17, 15) is 4.39 Å². The van der Waals surface area contributed by atoms with E-state index in [4.69, 9.17) is 5.73 Å². The average molecular weight is 287 g/mol. The van der Waals surface area contributed by atoms with Crippen LogP contribution in [0.4, 0.5) is 4.39 Å². The second-order valence-electron chi connectivity index (χ2n) is 5.46.